The van der Waals surface area contributed by atoms with Crippen molar-refractivity contribution in [1.29, 1.82) is 0 Å². The Balaban J connectivity index is 1.95. The van der Waals surface area contributed by atoms with Crippen LogP contribution in [0.15, 0.2) is 11.4 Å². The second kappa shape index (κ2) is 6.21. The summed E-state index contributed by atoms with van der Waals surface area (Å²) in [4.78, 5) is 1.62. The maximum atomic E-state index is 3.83. The SMILES string of the molecule is CC(C)C(CNC1CCCc2sccc21)C(C)C. The van der Waals surface area contributed by atoms with E-state index in [9.17, 15) is 0 Å². The van der Waals surface area contributed by atoms with Crippen molar-refractivity contribution < 1.29 is 0 Å². The van der Waals surface area contributed by atoms with E-state index in [1.54, 1.807) is 10.4 Å². The third kappa shape index (κ3) is 3.16. The standard InChI is InChI=1S/C16H27NS/c1-11(2)14(12(3)4)10-17-15-6-5-7-16-13(15)8-9-18-16/h8-9,11-12,14-15,17H,5-7,10H2,1-4H3. The number of fused-ring (bicyclic) bond motifs is 1. The zero-order valence-corrected chi connectivity index (χ0v) is 13.0. The molecule has 1 unspecified atom stereocenters. The van der Waals surface area contributed by atoms with Crippen molar-refractivity contribution in [3.8, 4) is 0 Å². The van der Waals surface area contributed by atoms with Crippen LogP contribution in [0.1, 0.15) is 57.0 Å². The first-order chi connectivity index (χ1) is 8.59. The molecule has 0 fully saturated rings. The van der Waals surface area contributed by atoms with Gasteiger partial charge in [0.05, 0.1) is 0 Å². The Morgan fingerprint density at radius 2 is 2.00 bits per heavy atom. The summed E-state index contributed by atoms with van der Waals surface area (Å²) in [6.45, 7) is 10.6. The molecule has 0 spiro atoms. The van der Waals surface area contributed by atoms with Crippen LogP contribution in [0, 0.1) is 17.8 Å². The highest BCUT2D eigenvalue weighted by Crippen LogP contribution is 2.33. The molecular formula is C16H27NS. The van der Waals surface area contributed by atoms with Gasteiger partial charge in [0.2, 0.25) is 0 Å². The number of hydrogen-bond acceptors (Lipinski definition) is 2. The van der Waals surface area contributed by atoms with Crippen LogP contribution < -0.4 is 5.32 Å². The topological polar surface area (TPSA) is 12.0 Å². The molecule has 2 rings (SSSR count). The molecule has 0 saturated carbocycles. The normalized spacial score (nSPS) is 19.8. The maximum Gasteiger partial charge on any atom is 0.0331 e. The first-order valence-corrected chi connectivity index (χ1v) is 8.27. The minimum atomic E-state index is 0.611. The summed E-state index contributed by atoms with van der Waals surface area (Å²) in [5, 5.41) is 6.09. The van der Waals surface area contributed by atoms with E-state index >= 15 is 0 Å². The highest BCUT2D eigenvalue weighted by Gasteiger charge is 2.23. The molecule has 0 aliphatic heterocycles. The number of nitrogens with one attached hydrogen (secondary N) is 1. The van der Waals surface area contributed by atoms with Crippen LogP contribution in [0.25, 0.3) is 0 Å². The maximum absolute atomic E-state index is 3.83. The van der Waals surface area contributed by atoms with Gasteiger partial charge in [-0.2, -0.15) is 0 Å². The van der Waals surface area contributed by atoms with Gasteiger partial charge in [-0.15, -0.1) is 11.3 Å². The van der Waals surface area contributed by atoms with Crippen LogP contribution in [-0.2, 0) is 6.42 Å². The summed E-state index contributed by atoms with van der Waals surface area (Å²) in [5.41, 5.74) is 1.58. The number of rotatable bonds is 5. The molecule has 1 aromatic rings. The van der Waals surface area contributed by atoms with E-state index in [0.717, 1.165) is 24.3 Å². The summed E-state index contributed by atoms with van der Waals surface area (Å²) in [6, 6.07) is 2.94. The predicted molar refractivity (Wildman–Crippen MR) is 81.2 cm³/mol. The first-order valence-electron chi connectivity index (χ1n) is 7.39. The van der Waals surface area contributed by atoms with Crippen LogP contribution in [-0.4, -0.2) is 6.54 Å². The molecule has 0 aromatic carbocycles. The van der Waals surface area contributed by atoms with Crippen LogP contribution >= 0.6 is 11.3 Å². The second-order valence-electron chi connectivity index (χ2n) is 6.30. The summed E-state index contributed by atoms with van der Waals surface area (Å²) >= 11 is 1.94. The molecule has 0 saturated heterocycles. The summed E-state index contributed by atoms with van der Waals surface area (Å²) in [6.07, 6.45) is 3.95. The van der Waals surface area contributed by atoms with Gasteiger partial charge in [-0.3, -0.25) is 0 Å². The van der Waals surface area contributed by atoms with Gasteiger partial charge in [0, 0.05) is 10.9 Å². The van der Waals surface area contributed by atoms with E-state index in [1.165, 1.54) is 19.3 Å². The van der Waals surface area contributed by atoms with Crippen molar-refractivity contribution in [2.75, 3.05) is 6.54 Å². The molecule has 102 valence electrons. The lowest BCUT2D eigenvalue weighted by Crippen LogP contribution is -2.33. The quantitative estimate of drug-likeness (QED) is 0.817. The Labute approximate surface area is 116 Å². The van der Waals surface area contributed by atoms with Gasteiger partial charge in [0.25, 0.3) is 0 Å². The number of aryl methyl sites for hydroxylation is 1. The largest absolute Gasteiger partial charge is 0.310 e. The average Bonchev–Trinajstić information content (AvgIpc) is 2.77. The summed E-state index contributed by atoms with van der Waals surface area (Å²) in [5.74, 6) is 2.32. The van der Waals surface area contributed by atoms with Crippen molar-refractivity contribution >= 4 is 11.3 Å². The number of hydrogen-bond donors (Lipinski definition) is 1. The van der Waals surface area contributed by atoms with E-state index in [4.69, 9.17) is 0 Å². The lowest BCUT2D eigenvalue weighted by atomic mass is 9.84. The average molecular weight is 265 g/mol. The van der Waals surface area contributed by atoms with E-state index in [-0.39, 0.29) is 0 Å². The molecule has 0 amide bonds. The van der Waals surface area contributed by atoms with Crippen molar-refractivity contribution in [2.45, 2.75) is 53.0 Å². The van der Waals surface area contributed by atoms with Crippen LogP contribution in [0.4, 0.5) is 0 Å². The van der Waals surface area contributed by atoms with E-state index < -0.39 is 0 Å². The minimum Gasteiger partial charge on any atom is -0.310 e. The molecule has 0 bridgehead atoms. The third-order valence-electron chi connectivity index (χ3n) is 4.36. The molecule has 1 aliphatic rings. The van der Waals surface area contributed by atoms with Crippen LogP contribution in [0.3, 0.4) is 0 Å². The van der Waals surface area contributed by atoms with E-state index in [1.807, 2.05) is 11.3 Å². The molecular weight excluding hydrogens is 238 g/mol. The molecule has 1 aliphatic carbocycles. The number of thiophene rings is 1. The highest BCUT2D eigenvalue weighted by molar-refractivity contribution is 7.10. The monoisotopic (exact) mass is 265 g/mol. The zero-order chi connectivity index (χ0) is 13.1. The predicted octanol–water partition coefficient (Wildman–Crippen LogP) is 4.64. The molecule has 18 heavy (non-hydrogen) atoms. The summed E-state index contributed by atoms with van der Waals surface area (Å²) < 4.78 is 0. The van der Waals surface area contributed by atoms with Crippen LogP contribution in [0.2, 0.25) is 0 Å². The first kappa shape index (κ1) is 14.1. The Morgan fingerprint density at radius 1 is 1.28 bits per heavy atom. The van der Waals surface area contributed by atoms with Gasteiger partial charge in [0.15, 0.2) is 0 Å². The molecule has 1 aromatic heterocycles. The van der Waals surface area contributed by atoms with Gasteiger partial charge in [-0.1, -0.05) is 27.7 Å². The zero-order valence-electron chi connectivity index (χ0n) is 12.2. The van der Waals surface area contributed by atoms with Crippen molar-refractivity contribution in [3.05, 3.63) is 21.9 Å². The lowest BCUT2D eigenvalue weighted by molar-refractivity contribution is 0.261. The van der Waals surface area contributed by atoms with Gasteiger partial charge in [0.1, 0.15) is 0 Å². The van der Waals surface area contributed by atoms with Gasteiger partial charge in [-0.05, 0) is 60.6 Å². The van der Waals surface area contributed by atoms with Crippen molar-refractivity contribution in [2.24, 2.45) is 17.8 Å². The van der Waals surface area contributed by atoms with Crippen molar-refractivity contribution in [1.82, 2.24) is 5.32 Å². The molecule has 1 atom stereocenters. The highest BCUT2D eigenvalue weighted by atomic mass is 32.1. The van der Waals surface area contributed by atoms with Gasteiger partial charge >= 0.3 is 0 Å². The molecule has 2 heteroatoms. The molecule has 0 radical (unpaired) electrons. The van der Waals surface area contributed by atoms with E-state index in [2.05, 4.69) is 44.5 Å². The second-order valence-corrected chi connectivity index (χ2v) is 7.30. The fourth-order valence-corrected chi connectivity index (χ4v) is 4.21. The fraction of sp³-hybridized carbons (Fsp3) is 0.750. The molecule has 1 N–H and O–H groups in total. The molecule has 1 heterocycles. The van der Waals surface area contributed by atoms with Gasteiger partial charge in [-0.25, -0.2) is 0 Å². The lowest BCUT2D eigenvalue weighted by Gasteiger charge is -2.30. The smallest absolute Gasteiger partial charge is 0.0331 e. The van der Waals surface area contributed by atoms with Crippen molar-refractivity contribution in [3.63, 3.8) is 0 Å². The Morgan fingerprint density at radius 3 is 2.67 bits per heavy atom. The minimum absolute atomic E-state index is 0.611. The van der Waals surface area contributed by atoms with E-state index in [0.29, 0.717) is 6.04 Å². The fourth-order valence-electron chi connectivity index (χ4n) is 3.22. The molecule has 1 nitrogen and oxygen atoms in total. The Bertz CT molecular complexity index is 359. The van der Waals surface area contributed by atoms with Crippen LogP contribution in [0.5, 0.6) is 0 Å². The summed E-state index contributed by atoms with van der Waals surface area (Å²) in [7, 11) is 0. The Hall–Kier alpha value is -0.340. The Kier molecular flexibility index (Phi) is 4.85. The third-order valence-corrected chi connectivity index (χ3v) is 5.36. The van der Waals surface area contributed by atoms with Gasteiger partial charge < -0.3 is 5.32 Å².